The molecule has 0 radical (unpaired) electrons. The third-order valence-corrected chi connectivity index (χ3v) is 4.44. The van der Waals surface area contributed by atoms with Crippen molar-refractivity contribution in [3.05, 3.63) is 54.6 Å². The van der Waals surface area contributed by atoms with E-state index in [2.05, 4.69) is 5.32 Å². The van der Waals surface area contributed by atoms with Crippen molar-refractivity contribution in [2.45, 2.75) is 25.7 Å². The van der Waals surface area contributed by atoms with Crippen LogP contribution >= 0.6 is 0 Å². The van der Waals surface area contributed by atoms with Gasteiger partial charge in [0, 0.05) is 30.8 Å². The first-order chi connectivity index (χ1) is 14.1. The number of carbonyl (C=O) groups is 3. The summed E-state index contributed by atoms with van der Waals surface area (Å²) in [5.41, 5.74) is 1.40. The summed E-state index contributed by atoms with van der Waals surface area (Å²) in [6.07, 6.45) is 2.12. The van der Waals surface area contributed by atoms with Crippen molar-refractivity contribution >= 4 is 29.2 Å². The van der Waals surface area contributed by atoms with Crippen LogP contribution < -0.4 is 15.0 Å². The topological polar surface area (TPSA) is 84.9 Å². The number of ether oxygens (including phenoxy) is 2. The third kappa shape index (κ3) is 6.34. The van der Waals surface area contributed by atoms with Crippen LogP contribution in [0.2, 0.25) is 0 Å². The Kier molecular flexibility index (Phi) is 7.22. The van der Waals surface area contributed by atoms with E-state index in [0.717, 1.165) is 24.4 Å². The van der Waals surface area contributed by atoms with Gasteiger partial charge in [-0.2, -0.15) is 0 Å². The summed E-state index contributed by atoms with van der Waals surface area (Å²) in [4.78, 5) is 37.2. The van der Waals surface area contributed by atoms with Gasteiger partial charge in [0.1, 0.15) is 5.75 Å². The van der Waals surface area contributed by atoms with Gasteiger partial charge in [0.15, 0.2) is 6.61 Å². The zero-order chi connectivity index (χ0) is 20.5. The van der Waals surface area contributed by atoms with Crippen molar-refractivity contribution in [3.8, 4) is 5.75 Å². The molecule has 0 spiro atoms. The van der Waals surface area contributed by atoms with Crippen LogP contribution in [0.5, 0.6) is 5.75 Å². The molecule has 1 heterocycles. The molecule has 0 aromatic heterocycles. The molecular weight excluding hydrogens is 372 g/mol. The highest BCUT2D eigenvalue weighted by atomic mass is 16.5. The highest BCUT2D eigenvalue weighted by molar-refractivity contribution is 5.96. The lowest BCUT2D eigenvalue weighted by Gasteiger charge is -2.16. The summed E-state index contributed by atoms with van der Waals surface area (Å²) in [5, 5.41) is 2.67. The van der Waals surface area contributed by atoms with Gasteiger partial charge in [-0.3, -0.25) is 14.4 Å². The summed E-state index contributed by atoms with van der Waals surface area (Å²) in [7, 11) is 0. The molecule has 0 bridgehead atoms. The van der Waals surface area contributed by atoms with E-state index in [1.807, 2.05) is 30.3 Å². The maximum absolute atomic E-state index is 11.9. The van der Waals surface area contributed by atoms with Crippen LogP contribution in [-0.2, 0) is 19.1 Å². The minimum absolute atomic E-state index is 0.114. The van der Waals surface area contributed by atoms with Crippen LogP contribution in [0.25, 0.3) is 0 Å². The fourth-order valence-corrected chi connectivity index (χ4v) is 2.98. The fraction of sp³-hybridized carbons (Fsp3) is 0.318. The van der Waals surface area contributed by atoms with E-state index in [1.165, 1.54) is 0 Å². The largest absolute Gasteiger partial charge is 0.494 e. The Morgan fingerprint density at radius 1 is 1.03 bits per heavy atom. The molecule has 29 heavy (non-hydrogen) atoms. The lowest BCUT2D eigenvalue weighted by molar-refractivity contribution is -0.147. The van der Waals surface area contributed by atoms with Crippen LogP contribution in [0, 0.1) is 0 Å². The van der Waals surface area contributed by atoms with Gasteiger partial charge >= 0.3 is 5.97 Å². The van der Waals surface area contributed by atoms with Crippen molar-refractivity contribution < 1.29 is 23.9 Å². The Morgan fingerprint density at radius 2 is 1.79 bits per heavy atom. The first-order valence-electron chi connectivity index (χ1n) is 9.65. The van der Waals surface area contributed by atoms with Gasteiger partial charge in [0.25, 0.3) is 5.91 Å². The van der Waals surface area contributed by atoms with Crippen molar-refractivity contribution in [3.63, 3.8) is 0 Å². The lowest BCUT2D eigenvalue weighted by atomic mass is 10.2. The van der Waals surface area contributed by atoms with Gasteiger partial charge in [-0.25, -0.2) is 0 Å². The smallest absolute Gasteiger partial charge is 0.306 e. The third-order valence-electron chi connectivity index (χ3n) is 4.44. The maximum atomic E-state index is 11.9. The summed E-state index contributed by atoms with van der Waals surface area (Å²) in [6, 6.07) is 16.4. The minimum Gasteiger partial charge on any atom is -0.494 e. The zero-order valence-corrected chi connectivity index (χ0v) is 16.1. The quantitative estimate of drug-likeness (QED) is 0.520. The molecule has 1 fully saturated rings. The molecule has 1 saturated heterocycles. The number of hydrogen-bond acceptors (Lipinski definition) is 5. The van der Waals surface area contributed by atoms with Gasteiger partial charge in [-0.15, -0.1) is 0 Å². The number of anilines is 2. The van der Waals surface area contributed by atoms with Crippen molar-refractivity contribution in [2.24, 2.45) is 0 Å². The predicted octanol–water partition coefficient (Wildman–Crippen LogP) is 3.15. The Hall–Kier alpha value is -3.35. The van der Waals surface area contributed by atoms with Gasteiger partial charge in [-0.05, 0) is 49.2 Å². The molecule has 0 atom stereocenters. The normalized spacial score (nSPS) is 13.2. The molecule has 7 nitrogen and oxygen atoms in total. The number of nitrogens with one attached hydrogen (secondary N) is 1. The number of hydrogen-bond donors (Lipinski definition) is 1. The van der Waals surface area contributed by atoms with E-state index in [4.69, 9.17) is 9.47 Å². The standard InChI is InChI=1S/C22H24N2O5/c25-20(16-29-22(27)9-5-15-28-19-6-2-1-3-7-19)23-17-10-12-18(13-11-17)24-14-4-8-21(24)26/h1-3,6-7,10-13H,4-5,8-9,14-16H2,(H,23,25). The zero-order valence-electron chi connectivity index (χ0n) is 16.1. The lowest BCUT2D eigenvalue weighted by Crippen LogP contribution is -2.23. The Balaban J connectivity index is 1.33. The molecule has 2 amide bonds. The highest BCUT2D eigenvalue weighted by Gasteiger charge is 2.21. The first kappa shape index (κ1) is 20.4. The second kappa shape index (κ2) is 10.3. The summed E-state index contributed by atoms with van der Waals surface area (Å²) in [5.74, 6) is 0.00631. The van der Waals surface area contributed by atoms with E-state index < -0.39 is 11.9 Å². The number of carbonyl (C=O) groups excluding carboxylic acids is 3. The van der Waals surface area contributed by atoms with Gasteiger partial charge < -0.3 is 19.7 Å². The van der Waals surface area contributed by atoms with Crippen LogP contribution in [-0.4, -0.2) is 37.5 Å². The highest BCUT2D eigenvalue weighted by Crippen LogP contribution is 2.23. The Bertz CT molecular complexity index is 836. The maximum Gasteiger partial charge on any atom is 0.306 e. The molecule has 1 aliphatic heterocycles. The van der Waals surface area contributed by atoms with E-state index in [-0.39, 0.29) is 18.9 Å². The predicted molar refractivity (Wildman–Crippen MR) is 109 cm³/mol. The number of para-hydroxylation sites is 1. The minimum atomic E-state index is -0.445. The second-order valence-electron chi connectivity index (χ2n) is 6.67. The average molecular weight is 396 g/mol. The number of nitrogens with zero attached hydrogens (tertiary/aromatic N) is 1. The van der Waals surface area contributed by atoms with E-state index in [1.54, 1.807) is 29.2 Å². The number of amides is 2. The molecule has 1 N–H and O–H groups in total. The fourth-order valence-electron chi connectivity index (χ4n) is 2.98. The van der Waals surface area contributed by atoms with Gasteiger partial charge in [-0.1, -0.05) is 18.2 Å². The molecular formula is C22H24N2O5. The second-order valence-corrected chi connectivity index (χ2v) is 6.67. The average Bonchev–Trinajstić information content (AvgIpc) is 3.17. The summed E-state index contributed by atoms with van der Waals surface area (Å²) < 4.78 is 10.5. The first-order valence-corrected chi connectivity index (χ1v) is 9.65. The molecule has 0 aliphatic carbocycles. The summed E-state index contributed by atoms with van der Waals surface area (Å²) >= 11 is 0. The van der Waals surface area contributed by atoms with Crippen LogP contribution in [0.3, 0.4) is 0 Å². The Labute approximate surface area is 169 Å². The molecule has 152 valence electrons. The van der Waals surface area contributed by atoms with E-state index >= 15 is 0 Å². The van der Waals surface area contributed by atoms with Gasteiger partial charge in [0.2, 0.25) is 5.91 Å². The van der Waals surface area contributed by atoms with Crippen molar-refractivity contribution in [2.75, 3.05) is 30.0 Å². The molecule has 3 rings (SSSR count). The molecule has 7 heteroatoms. The Morgan fingerprint density at radius 3 is 2.48 bits per heavy atom. The number of rotatable bonds is 9. The van der Waals surface area contributed by atoms with Gasteiger partial charge in [0.05, 0.1) is 6.61 Å². The molecule has 2 aromatic rings. The van der Waals surface area contributed by atoms with Crippen LogP contribution in [0.1, 0.15) is 25.7 Å². The number of benzene rings is 2. The molecule has 0 unspecified atom stereocenters. The van der Waals surface area contributed by atoms with Crippen molar-refractivity contribution in [1.82, 2.24) is 0 Å². The van der Waals surface area contributed by atoms with Crippen LogP contribution in [0.4, 0.5) is 11.4 Å². The monoisotopic (exact) mass is 396 g/mol. The molecule has 0 saturated carbocycles. The summed E-state index contributed by atoms with van der Waals surface area (Å²) in [6.45, 7) is 0.777. The molecule has 2 aromatic carbocycles. The van der Waals surface area contributed by atoms with Crippen LogP contribution in [0.15, 0.2) is 54.6 Å². The van der Waals surface area contributed by atoms with Crippen molar-refractivity contribution in [1.29, 1.82) is 0 Å². The number of esters is 1. The molecule has 1 aliphatic rings. The van der Waals surface area contributed by atoms with E-state index in [9.17, 15) is 14.4 Å². The SMILES string of the molecule is O=C(COC(=O)CCCOc1ccccc1)Nc1ccc(N2CCCC2=O)cc1. The van der Waals surface area contributed by atoms with E-state index in [0.29, 0.717) is 25.1 Å².